The minimum Gasteiger partial charge on any atom is -0.355 e. The molecule has 2 aromatic rings. The Kier molecular flexibility index (Phi) is 9.66. The number of hydrogen-bond acceptors (Lipinski definition) is 4. The van der Waals surface area contributed by atoms with Crippen LogP contribution in [0.2, 0.25) is 0 Å². The second-order valence-electron chi connectivity index (χ2n) is 8.31. The van der Waals surface area contributed by atoms with E-state index in [1.807, 2.05) is 43.3 Å². The molecule has 0 saturated heterocycles. The zero-order valence-corrected chi connectivity index (χ0v) is 22.9. The highest BCUT2D eigenvalue weighted by molar-refractivity contribution is 9.10. The second kappa shape index (κ2) is 11.8. The Hall–Kier alpha value is -2.43. The van der Waals surface area contributed by atoms with Crippen LogP contribution in [0.3, 0.4) is 0 Å². The smallest absolute Gasteiger partial charge is 0.304 e. The highest BCUT2D eigenvalue weighted by atomic mass is 79.9. The number of nitrogens with one attached hydrogen (secondary N) is 1. The van der Waals surface area contributed by atoms with E-state index in [9.17, 15) is 18.0 Å². The molecule has 0 aliphatic rings. The summed E-state index contributed by atoms with van der Waals surface area (Å²) in [6, 6.07) is 12.1. The van der Waals surface area contributed by atoms with Crippen LogP contribution < -0.4 is 9.62 Å². The predicted molar refractivity (Wildman–Crippen MR) is 139 cm³/mol. The molecule has 186 valence electrons. The van der Waals surface area contributed by atoms with Gasteiger partial charge in [-0.3, -0.25) is 9.59 Å². The van der Waals surface area contributed by atoms with E-state index in [2.05, 4.69) is 21.2 Å². The number of hydrogen-bond donors (Lipinski definition) is 1. The number of carbonyl (C=O) groups is 2. The molecule has 2 aromatic carbocycles. The normalized spacial score (nSPS) is 12.4. The molecule has 0 bridgehead atoms. The van der Waals surface area contributed by atoms with Gasteiger partial charge in [0.1, 0.15) is 12.6 Å². The van der Waals surface area contributed by atoms with Crippen molar-refractivity contribution >= 4 is 43.6 Å². The van der Waals surface area contributed by atoms with Crippen LogP contribution in [0, 0.1) is 13.8 Å². The van der Waals surface area contributed by atoms with Gasteiger partial charge in [-0.25, -0.2) is 4.31 Å². The first-order valence-corrected chi connectivity index (χ1v) is 13.2. The summed E-state index contributed by atoms with van der Waals surface area (Å²) in [5.74, 6) is -0.783. The van der Waals surface area contributed by atoms with Crippen molar-refractivity contribution in [2.75, 3.05) is 31.5 Å². The number of nitrogens with zero attached hydrogens (tertiary/aromatic N) is 3. The molecule has 10 heteroatoms. The van der Waals surface area contributed by atoms with Crippen molar-refractivity contribution in [2.24, 2.45) is 0 Å². The van der Waals surface area contributed by atoms with Crippen molar-refractivity contribution in [1.82, 2.24) is 14.5 Å². The van der Waals surface area contributed by atoms with E-state index in [1.54, 1.807) is 26.8 Å². The van der Waals surface area contributed by atoms with Crippen LogP contribution in [-0.4, -0.2) is 62.7 Å². The van der Waals surface area contributed by atoms with Crippen LogP contribution in [-0.2, 0) is 26.3 Å². The second-order valence-corrected chi connectivity index (χ2v) is 11.3. The molecule has 0 radical (unpaired) electrons. The maximum Gasteiger partial charge on any atom is 0.304 e. The van der Waals surface area contributed by atoms with Crippen molar-refractivity contribution in [2.45, 2.75) is 40.3 Å². The minimum absolute atomic E-state index is 0.160. The van der Waals surface area contributed by atoms with Gasteiger partial charge in [-0.2, -0.15) is 12.7 Å². The van der Waals surface area contributed by atoms with Gasteiger partial charge in [-0.05, 0) is 62.6 Å². The highest BCUT2D eigenvalue weighted by Crippen LogP contribution is 2.26. The predicted octanol–water partition coefficient (Wildman–Crippen LogP) is 3.23. The van der Waals surface area contributed by atoms with Crippen molar-refractivity contribution < 1.29 is 18.0 Å². The van der Waals surface area contributed by atoms with E-state index in [0.717, 1.165) is 29.8 Å². The van der Waals surface area contributed by atoms with Crippen LogP contribution in [0.15, 0.2) is 46.9 Å². The van der Waals surface area contributed by atoms with E-state index in [4.69, 9.17) is 0 Å². The summed E-state index contributed by atoms with van der Waals surface area (Å²) in [5.41, 5.74) is 2.84. The third kappa shape index (κ3) is 6.80. The number of rotatable bonds is 10. The fourth-order valence-corrected chi connectivity index (χ4v) is 4.76. The monoisotopic (exact) mass is 552 g/mol. The molecular weight excluding hydrogens is 520 g/mol. The maximum atomic E-state index is 13.6. The van der Waals surface area contributed by atoms with Gasteiger partial charge < -0.3 is 10.2 Å². The zero-order valence-electron chi connectivity index (χ0n) is 20.5. The molecule has 0 aliphatic carbocycles. The summed E-state index contributed by atoms with van der Waals surface area (Å²) >= 11 is 3.40. The number of likely N-dealkylation sites (N-methyl/N-ethyl adjacent to an activating group) is 1. The third-order valence-corrected chi connectivity index (χ3v) is 7.77. The molecule has 0 spiro atoms. The fraction of sp³-hybridized carbons (Fsp3) is 0.417. The van der Waals surface area contributed by atoms with E-state index in [1.165, 1.54) is 19.0 Å². The Bertz CT molecular complexity index is 1120. The summed E-state index contributed by atoms with van der Waals surface area (Å²) < 4.78 is 29.6. The van der Waals surface area contributed by atoms with Crippen molar-refractivity contribution in [3.05, 3.63) is 63.6 Å². The number of aryl methyl sites for hydroxylation is 2. The molecule has 34 heavy (non-hydrogen) atoms. The molecule has 0 aromatic heterocycles. The summed E-state index contributed by atoms with van der Waals surface area (Å²) in [7, 11) is -1.13. The molecule has 0 saturated carbocycles. The molecule has 0 aliphatic heterocycles. The fourth-order valence-electron chi connectivity index (χ4n) is 3.38. The summed E-state index contributed by atoms with van der Waals surface area (Å²) in [6.07, 6.45) is 0. The molecule has 0 unspecified atom stereocenters. The standard InChI is InChI=1S/C24H33BrN4O4S/c1-7-26-24(31)19(4)28(15-20-10-12-21(25)13-11-20)23(30)16-29(34(32,33)27(5)6)22-14-17(2)8-9-18(22)3/h8-14,19H,7,15-16H2,1-6H3,(H,26,31)/t19-/m1/s1. The van der Waals surface area contributed by atoms with E-state index in [0.29, 0.717) is 12.2 Å². The molecule has 8 nitrogen and oxygen atoms in total. The van der Waals surface area contributed by atoms with Crippen molar-refractivity contribution in [3.8, 4) is 0 Å². The van der Waals surface area contributed by atoms with Crippen LogP contribution in [0.25, 0.3) is 0 Å². The van der Waals surface area contributed by atoms with Crippen molar-refractivity contribution in [1.29, 1.82) is 0 Å². The molecular formula is C24H33BrN4O4S. The van der Waals surface area contributed by atoms with Crippen LogP contribution in [0.5, 0.6) is 0 Å². The minimum atomic E-state index is -3.98. The van der Waals surface area contributed by atoms with Gasteiger partial charge in [0.05, 0.1) is 5.69 Å². The van der Waals surface area contributed by atoms with Gasteiger partial charge in [0.25, 0.3) is 0 Å². The van der Waals surface area contributed by atoms with Gasteiger partial charge in [0, 0.05) is 31.7 Å². The summed E-state index contributed by atoms with van der Waals surface area (Å²) in [4.78, 5) is 27.7. The van der Waals surface area contributed by atoms with E-state index in [-0.39, 0.29) is 12.5 Å². The van der Waals surface area contributed by atoms with Gasteiger partial charge >= 0.3 is 10.2 Å². The van der Waals surface area contributed by atoms with Crippen LogP contribution in [0.1, 0.15) is 30.5 Å². The van der Waals surface area contributed by atoms with E-state index >= 15 is 0 Å². The zero-order chi connectivity index (χ0) is 25.6. The number of carbonyl (C=O) groups excluding carboxylic acids is 2. The molecule has 0 heterocycles. The summed E-state index contributed by atoms with van der Waals surface area (Å²) in [5, 5.41) is 2.75. The lowest BCUT2D eigenvalue weighted by Crippen LogP contribution is -2.52. The number of benzene rings is 2. The van der Waals surface area contributed by atoms with E-state index < -0.39 is 28.7 Å². The first-order valence-electron chi connectivity index (χ1n) is 11.0. The molecule has 1 atom stereocenters. The lowest BCUT2D eigenvalue weighted by atomic mass is 10.1. The Labute approximate surface area is 211 Å². The molecule has 1 N–H and O–H groups in total. The third-order valence-electron chi connectivity index (χ3n) is 5.44. The van der Waals surface area contributed by atoms with Gasteiger partial charge in [-0.15, -0.1) is 0 Å². The number of amides is 2. The number of halogens is 1. The first-order chi connectivity index (χ1) is 15.9. The average Bonchev–Trinajstić information content (AvgIpc) is 2.78. The Morgan fingerprint density at radius 1 is 1.06 bits per heavy atom. The molecule has 2 rings (SSSR count). The Morgan fingerprint density at radius 2 is 1.68 bits per heavy atom. The Balaban J connectivity index is 2.49. The SMILES string of the molecule is CCNC(=O)[C@@H](C)N(Cc1ccc(Br)cc1)C(=O)CN(c1cc(C)ccc1C)S(=O)(=O)N(C)C. The molecule has 2 amide bonds. The van der Waals surface area contributed by atoms with Gasteiger partial charge in [0.15, 0.2) is 0 Å². The lowest BCUT2D eigenvalue weighted by Gasteiger charge is -2.33. The largest absolute Gasteiger partial charge is 0.355 e. The average molecular weight is 554 g/mol. The number of anilines is 1. The van der Waals surface area contributed by atoms with Crippen LogP contribution >= 0.6 is 15.9 Å². The quantitative estimate of drug-likeness (QED) is 0.490. The van der Waals surface area contributed by atoms with Crippen LogP contribution in [0.4, 0.5) is 5.69 Å². The lowest BCUT2D eigenvalue weighted by molar-refractivity contribution is -0.139. The molecule has 0 fully saturated rings. The Morgan fingerprint density at radius 3 is 2.24 bits per heavy atom. The van der Waals surface area contributed by atoms with Gasteiger partial charge in [0.2, 0.25) is 11.8 Å². The topological polar surface area (TPSA) is 90.0 Å². The maximum absolute atomic E-state index is 13.6. The van der Waals surface area contributed by atoms with Gasteiger partial charge in [-0.1, -0.05) is 40.2 Å². The highest BCUT2D eigenvalue weighted by Gasteiger charge is 2.33. The summed E-state index contributed by atoms with van der Waals surface area (Å²) in [6.45, 7) is 7.25. The first kappa shape index (κ1) is 27.8. The van der Waals surface area contributed by atoms with Crippen molar-refractivity contribution in [3.63, 3.8) is 0 Å².